The van der Waals surface area contributed by atoms with Crippen LogP contribution < -0.4 is 5.73 Å². The Bertz CT molecular complexity index is 272. The number of hydrogen-bond acceptors (Lipinski definition) is 2. The lowest BCUT2D eigenvalue weighted by Gasteiger charge is -2.38. The maximum Gasteiger partial charge on any atom is 0.225 e. The van der Waals surface area contributed by atoms with E-state index in [1.807, 2.05) is 0 Å². The van der Waals surface area contributed by atoms with E-state index >= 15 is 0 Å². The summed E-state index contributed by atoms with van der Waals surface area (Å²) in [4.78, 5) is 15.0. The molecule has 1 aliphatic carbocycles. The predicted molar refractivity (Wildman–Crippen MR) is 85.5 cm³/mol. The third kappa shape index (κ3) is 5.08. The zero-order valence-corrected chi connectivity index (χ0v) is 13.7. The average Bonchev–Trinajstić information content (AvgIpc) is 2.46. The topological polar surface area (TPSA) is 46.3 Å². The molecule has 0 radical (unpaired) electrons. The molecule has 0 bridgehead atoms. The number of nitrogens with two attached hydrogens (primary N) is 1. The van der Waals surface area contributed by atoms with Crippen molar-refractivity contribution in [1.29, 1.82) is 0 Å². The summed E-state index contributed by atoms with van der Waals surface area (Å²) in [6.07, 6.45) is 9.76. The number of nitrogens with zero attached hydrogens (tertiary/aromatic N) is 1. The zero-order valence-electron chi connectivity index (χ0n) is 13.7. The Morgan fingerprint density at radius 3 is 2.30 bits per heavy atom. The highest BCUT2D eigenvalue weighted by Gasteiger charge is 2.30. The van der Waals surface area contributed by atoms with E-state index in [-0.39, 0.29) is 5.92 Å². The van der Waals surface area contributed by atoms with E-state index < -0.39 is 0 Å². The SMILES string of the molecule is CCCCC(CC)C(=O)N(CCC)C1CCC(N)CC1. The Hall–Kier alpha value is -0.570. The molecule has 1 unspecified atom stereocenters. The van der Waals surface area contributed by atoms with E-state index in [0.29, 0.717) is 18.0 Å². The van der Waals surface area contributed by atoms with Crippen LogP contribution in [0.25, 0.3) is 0 Å². The highest BCUT2D eigenvalue weighted by atomic mass is 16.2. The smallest absolute Gasteiger partial charge is 0.225 e. The predicted octanol–water partition coefficient (Wildman–Crippen LogP) is 3.71. The molecule has 0 saturated heterocycles. The summed E-state index contributed by atoms with van der Waals surface area (Å²) in [5, 5.41) is 0. The summed E-state index contributed by atoms with van der Waals surface area (Å²) in [5.41, 5.74) is 6.00. The molecule has 1 amide bonds. The van der Waals surface area contributed by atoms with Crippen LogP contribution in [0.2, 0.25) is 0 Å². The van der Waals surface area contributed by atoms with Crippen LogP contribution in [-0.4, -0.2) is 29.4 Å². The van der Waals surface area contributed by atoms with Crippen molar-refractivity contribution in [2.24, 2.45) is 11.7 Å². The number of amides is 1. The molecule has 20 heavy (non-hydrogen) atoms. The molecule has 1 fully saturated rings. The van der Waals surface area contributed by atoms with Crippen molar-refractivity contribution in [3.8, 4) is 0 Å². The summed E-state index contributed by atoms with van der Waals surface area (Å²) < 4.78 is 0. The molecule has 0 aromatic rings. The van der Waals surface area contributed by atoms with Gasteiger partial charge in [0.1, 0.15) is 0 Å². The van der Waals surface area contributed by atoms with E-state index in [0.717, 1.165) is 51.5 Å². The van der Waals surface area contributed by atoms with Crippen LogP contribution >= 0.6 is 0 Å². The van der Waals surface area contributed by atoms with Crippen molar-refractivity contribution in [2.75, 3.05) is 6.54 Å². The highest BCUT2D eigenvalue weighted by Crippen LogP contribution is 2.25. The Labute approximate surface area is 125 Å². The fourth-order valence-electron chi connectivity index (χ4n) is 3.31. The lowest BCUT2D eigenvalue weighted by Crippen LogP contribution is -2.46. The maximum absolute atomic E-state index is 12.8. The molecule has 3 heteroatoms. The van der Waals surface area contributed by atoms with E-state index in [9.17, 15) is 4.79 Å². The molecule has 0 heterocycles. The second-order valence-electron chi connectivity index (χ2n) is 6.35. The van der Waals surface area contributed by atoms with E-state index in [1.165, 1.54) is 12.8 Å². The monoisotopic (exact) mass is 282 g/mol. The molecular formula is C17H34N2O. The van der Waals surface area contributed by atoms with Gasteiger partial charge in [0.2, 0.25) is 5.91 Å². The van der Waals surface area contributed by atoms with Crippen LogP contribution in [0.4, 0.5) is 0 Å². The molecule has 118 valence electrons. The van der Waals surface area contributed by atoms with Crippen LogP contribution in [0.5, 0.6) is 0 Å². The second-order valence-corrected chi connectivity index (χ2v) is 6.35. The first kappa shape index (κ1) is 17.5. The number of unbranched alkanes of at least 4 members (excludes halogenated alkanes) is 1. The third-order valence-corrected chi connectivity index (χ3v) is 4.68. The van der Waals surface area contributed by atoms with Crippen molar-refractivity contribution < 1.29 is 4.79 Å². The van der Waals surface area contributed by atoms with Gasteiger partial charge in [-0.25, -0.2) is 0 Å². The third-order valence-electron chi connectivity index (χ3n) is 4.68. The first-order valence-electron chi connectivity index (χ1n) is 8.69. The van der Waals surface area contributed by atoms with E-state index in [1.54, 1.807) is 0 Å². The highest BCUT2D eigenvalue weighted by molar-refractivity contribution is 5.79. The van der Waals surface area contributed by atoms with Crippen LogP contribution in [0, 0.1) is 5.92 Å². The van der Waals surface area contributed by atoms with Gasteiger partial charge in [-0.15, -0.1) is 0 Å². The van der Waals surface area contributed by atoms with Gasteiger partial charge >= 0.3 is 0 Å². The Morgan fingerprint density at radius 1 is 1.15 bits per heavy atom. The second kappa shape index (κ2) is 9.38. The van der Waals surface area contributed by atoms with Gasteiger partial charge in [0.05, 0.1) is 0 Å². The zero-order chi connectivity index (χ0) is 15.0. The van der Waals surface area contributed by atoms with Gasteiger partial charge in [-0.1, -0.05) is 33.6 Å². The van der Waals surface area contributed by atoms with Gasteiger partial charge in [-0.2, -0.15) is 0 Å². The number of hydrogen-bond donors (Lipinski definition) is 1. The Kier molecular flexibility index (Phi) is 8.20. The minimum absolute atomic E-state index is 0.233. The van der Waals surface area contributed by atoms with Crippen LogP contribution in [0.15, 0.2) is 0 Å². The van der Waals surface area contributed by atoms with Crippen LogP contribution in [-0.2, 0) is 4.79 Å². The first-order chi connectivity index (χ1) is 9.63. The van der Waals surface area contributed by atoms with Crippen molar-refractivity contribution >= 4 is 5.91 Å². The van der Waals surface area contributed by atoms with Gasteiger partial charge in [0, 0.05) is 24.5 Å². The molecular weight excluding hydrogens is 248 g/mol. The first-order valence-corrected chi connectivity index (χ1v) is 8.69. The lowest BCUT2D eigenvalue weighted by atomic mass is 9.89. The minimum atomic E-state index is 0.233. The lowest BCUT2D eigenvalue weighted by molar-refractivity contribution is -0.139. The fourth-order valence-corrected chi connectivity index (χ4v) is 3.31. The van der Waals surface area contributed by atoms with E-state index in [2.05, 4.69) is 25.7 Å². The molecule has 0 spiro atoms. The molecule has 2 N–H and O–H groups in total. The van der Waals surface area contributed by atoms with Gasteiger partial charge < -0.3 is 10.6 Å². The van der Waals surface area contributed by atoms with Gasteiger partial charge in [0.15, 0.2) is 0 Å². The molecule has 1 aliphatic rings. The maximum atomic E-state index is 12.8. The molecule has 0 aromatic carbocycles. The van der Waals surface area contributed by atoms with Crippen molar-refractivity contribution in [3.05, 3.63) is 0 Å². The summed E-state index contributed by atoms with van der Waals surface area (Å²) in [7, 11) is 0. The molecule has 1 rings (SSSR count). The van der Waals surface area contributed by atoms with Gasteiger partial charge in [-0.3, -0.25) is 4.79 Å². The quantitative estimate of drug-likeness (QED) is 0.737. The van der Waals surface area contributed by atoms with Crippen molar-refractivity contribution in [2.45, 2.75) is 90.6 Å². The van der Waals surface area contributed by atoms with Gasteiger partial charge in [-0.05, 0) is 44.9 Å². The summed E-state index contributed by atoms with van der Waals surface area (Å²) >= 11 is 0. The number of rotatable bonds is 8. The summed E-state index contributed by atoms with van der Waals surface area (Å²) in [6, 6.07) is 0.796. The van der Waals surface area contributed by atoms with Gasteiger partial charge in [0.25, 0.3) is 0 Å². The Morgan fingerprint density at radius 2 is 1.80 bits per heavy atom. The summed E-state index contributed by atoms with van der Waals surface area (Å²) in [5.74, 6) is 0.639. The summed E-state index contributed by atoms with van der Waals surface area (Å²) in [6.45, 7) is 7.44. The largest absolute Gasteiger partial charge is 0.339 e. The molecule has 3 nitrogen and oxygen atoms in total. The molecule has 1 atom stereocenters. The number of carbonyl (C=O) groups is 1. The van der Waals surface area contributed by atoms with Crippen LogP contribution in [0.3, 0.4) is 0 Å². The molecule has 0 aliphatic heterocycles. The average molecular weight is 282 g/mol. The fraction of sp³-hybridized carbons (Fsp3) is 0.941. The number of carbonyl (C=O) groups excluding carboxylic acids is 1. The van der Waals surface area contributed by atoms with Crippen LogP contribution in [0.1, 0.15) is 78.6 Å². The molecule has 0 aromatic heterocycles. The standard InChI is InChI=1S/C17H34N2O/c1-4-7-8-14(6-3)17(20)19(13-5-2)16-11-9-15(18)10-12-16/h14-16H,4-13,18H2,1-3H3. The van der Waals surface area contributed by atoms with Crippen molar-refractivity contribution in [3.63, 3.8) is 0 Å². The van der Waals surface area contributed by atoms with E-state index in [4.69, 9.17) is 5.73 Å². The minimum Gasteiger partial charge on any atom is -0.339 e. The van der Waals surface area contributed by atoms with Crippen molar-refractivity contribution in [1.82, 2.24) is 4.90 Å². The Balaban J connectivity index is 2.65. The normalized spacial score (nSPS) is 24.4. The molecule has 1 saturated carbocycles.